The van der Waals surface area contributed by atoms with Crippen LogP contribution in [-0.2, 0) is 6.54 Å². The van der Waals surface area contributed by atoms with E-state index in [1.54, 1.807) is 18.2 Å². The molecular formula is C25H25ClN6O3. The Morgan fingerprint density at radius 3 is 2.80 bits per heavy atom. The third-order valence-electron chi connectivity index (χ3n) is 6.62. The molecule has 1 saturated heterocycles. The SMILES string of the molecule is N#Cc1ccc(CNC(=O)c2ncc3nc(N4CCN(C5CC5)[C@H](CO)C4)ccc3c2O)c(Cl)c1. The number of carbonyl (C=O) groups is 1. The van der Waals surface area contributed by atoms with E-state index in [-0.39, 0.29) is 30.6 Å². The fourth-order valence-corrected chi connectivity index (χ4v) is 4.81. The predicted octanol–water partition coefficient (Wildman–Crippen LogP) is 2.44. The molecule has 10 heteroatoms. The number of halogens is 1. The number of amides is 1. The molecule has 1 amide bonds. The summed E-state index contributed by atoms with van der Waals surface area (Å²) < 4.78 is 0. The molecule has 180 valence electrons. The number of pyridine rings is 2. The van der Waals surface area contributed by atoms with Crippen LogP contribution >= 0.6 is 11.6 Å². The van der Waals surface area contributed by atoms with Gasteiger partial charge >= 0.3 is 0 Å². The minimum Gasteiger partial charge on any atom is -0.505 e. The van der Waals surface area contributed by atoms with Gasteiger partial charge in [-0.15, -0.1) is 0 Å². The lowest BCUT2D eigenvalue weighted by atomic mass is 10.1. The van der Waals surface area contributed by atoms with E-state index in [2.05, 4.69) is 25.1 Å². The van der Waals surface area contributed by atoms with E-state index in [4.69, 9.17) is 16.9 Å². The van der Waals surface area contributed by atoms with E-state index in [0.717, 1.165) is 18.9 Å². The van der Waals surface area contributed by atoms with Crippen LogP contribution in [0.25, 0.3) is 10.9 Å². The number of aliphatic hydroxyl groups is 1. The number of aromatic hydroxyl groups is 1. The molecule has 0 spiro atoms. The van der Waals surface area contributed by atoms with Gasteiger partial charge in [0.2, 0.25) is 0 Å². The van der Waals surface area contributed by atoms with Crippen LogP contribution in [0.3, 0.4) is 0 Å². The van der Waals surface area contributed by atoms with Gasteiger partial charge in [0, 0.05) is 42.6 Å². The molecule has 1 aromatic carbocycles. The maximum Gasteiger partial charge on any atom is 0.274 e. The smallest absolute Gasteiger partial charge is 0.274 e. The van der Waals surface area contributed by atoms with Crippen molar-refractivity contribution in [2.24, 2.45) is 0 Å². The van der Waals surface area contributed by atoms with E-state index in [1.807, 2.05) is 12.1 Å². The number of aromatic nitrogens is 2. The van der Waals surface area contributed by atoms with Gasteiger partial charge in [-0.1, -0.05) is 17.7 Å². The lowest BCUT2D eigenvalue weighted by molar-refractivity contribution is 0.0943. The molecule has 2 fully saturated rings. The van der Waals surface area contributed by atoms with Crippen molar-refractivity contribution in [3.05, 3.63) is 58.4 Å². The molecular weight excluding hydrogens is 468 g/mol. The summed E-state index contributed by atoms with van der Waals surface area (Å²) in [6.07, 6.45) is 3.88. The third kappa shape index (κ3) is 4.73. The molecule has 2 aromatic heterocycles. The Kier molecular flexibility index (Phi) is 6.43. The summed E-state index contributed by atoms with van der Waals surface area (Å²) in [4.78, 5) is 26.1. The number of nitriles is 1. The maximum atomic E-state index is 12.7. The highest BCUT2D eigenvalue weighted by atomic mass is 35.5. The first-order chi connectivity index (χ1) is 17.0. The minimum absolute atomic E-state index is 0.0796. The van der Waals surface area contributed by atoms with Crippen LogP contribution in [0.4, 0.5) is 5.82 Å². The number of nitrogens with one attached hydrogen (secondary N) is 1. The predicted molar refractivity (Wildman–Crippen MR) is 131 cm³/mol. The molecule has 0 bridgehead atoms. The van der Waals surface area contributed by atoms with E-state index < -0.39 is 5.91 Å². The van der Waals surface area contributed by atoms with Gasteiger partial charge < -0.3 is 20.4 Å². The Bertz CT molecular complexity index is 1320. The zero-order valence-corrected chi connectivity index (χ0v) is 19.7. The molecule has 3 aromatic rings. The summed E-state index contributed by atoms with van der Waals surface area (Å²) >= 11 is 6.17. The minimum atomic E-state index is -0.545. The number of hydrogen-bond acceptors (Lipinski definition) is 8. The van der Waals surface area contributed by atoms with Crippen molar-refractivity contribution in [2.75, 3.05) is 31.1 Å². The molecule has 1 aliphatic heterocycles. The average Bonchev–Trinajstić information content (AvgIpc) is 3.73. The average molecular weight is 493 g/mol. The number of fused-ring (bicyclic) bond motifs is 1. The standard InChI is InChI=1S/C25H25ClN6O3/c26-20-9-15(10-27)1-2-16(20)11-29-25(35)23-24(34)19-5-6-22(30-21(19)12-28-23)31-7-8-32(17-3-4-17)18(13-31)14-33/h1-2,5-6,9,12,17-18,33-34H,3-4,7-8,11,13-14H2,(H,29,35)/t18-/m0/s1. The lowest BCUT2D eigenvalue weighted by Gasteiger charge is -2.41. The highest BCUT2D eigenvalue weighted by molar-refractivity contribution is 6.31. The highest BCUT2D eigenvalue weighted by Crippen LogP contribution is 2.32. The number of carbonyl (C=O) groups excluding carboxylic acids is 1. The molecule has 1 aliphatic carbocycles. The zero-order chi connectivity index (χ0) is 24.5. The molecule has 0 unspecified atom stereocenters. The number of rotatable bonds is 6. The van der Waals surface area contributed by atoms with E-state index in [9.17, 15) is 15.0 Å². The summed E-state index contributed by atoms with van der Waals surface area (Å²) in [5.74, 6) is -0.0343. The van der Waals surface area contributed by atoms with Gasteiger partial charge in [0.05, 0.1) is 36.0 Å². The molecule has 1 atom stereocenters. The first-order valence-electron chi connectivity index (χ1n) is 11.6. The summed E-state index contributed by atoms with van der Waals surface area (Å²) in [5.41, 5.74) is 1.46. The molecule has 0 radical (unpaired) electrons. The zero-order valence-electron chi connectivity index (χ0n) is 19.0. The quantitative estimate of drug-likeness (QED) is 0.479. The maximum absolute atomic E-state index is 12.7. The summed E-state index contributed by atoms with van der Waals surface area (Å²) in [6, 6.07) is 11.1. The second-order valence-corrected chi connectivity index (χ2v) is 9.32. The van der Waals surface area contributed by atoms with Gasteiger partial charge in [0.1, 0.15) is 5.82 Å². The van der Waals surface area contributed by atoms with Gasteiger partial charge in [0.15, 0.2) is 11.4 Å². The number of piperazine rings is 1. The van der Waals surface area contributed by atoms with E-state index in [0.29, 0.717) is 39.6 Å². The van der Waals surface area contributed by atoms with Crippen LogP contribution < -0.4 is 10.2 Å². The van der Waals surface area contributed by atoms with Crippen molar-refractivity contribution in [3.8, 4) is 11.8 Å². The fraction of sp³-hybridized carbons (Fsp3) is 0.360. The van der Waals surface area contributed by atoms with Crippen molar-refractivity contribution in [1.29, 1.82) is 5.26 Å². The van der Waals surface area contributed by atoms with Crippen LogP contribution in [0.5, 0.6) is 5.75 Å². The molecule has 1 saturated carbocycles. The number of anilines is 1. The summed E-state index contributed by atoms with van der Waals surface area (Å²) in [7, 11) is 0. The third-order valence-corrected chi connectivity index (χ3v) is 6.97. The van der Waals surface area contributed by atoms with Gasteiger partial charge in [-0.2, -0.15) is 5.26 Å². The number of nitrogens with zero attached hydrogens (tertiary/aromatic N) is 5. The Balaban J connectivity index is 1.31. The van der Waals surface area contributed by atoms with E-state index >= 15 is 0 Å². The van der Waals surface area contributed by atoms with Crippen LogP contribution in [0.1, 0.15) is 34.5 Å². The monoisotopic (exact) mass is 492 g/mol. The Labute approximate surface area is 207 Å². The van der Waals surface area contributed by atoms with Crippen LogP contribution in [0.2, 0.25) is 5.02 Å². The lowest BCUT2D eigenvalue weighted by Crippen LogP contribution is -2.55. The van der Waals surface area contributed by atoms with Crippen molar-refractivity contribution < 1.29 is 15.0 Å². The van der Waals surface area contributed by atoms with Gasteiger partial charge in [-0.3, -0.25) is 9.69 Å². The Morgan fingerprint density at radius 1 is 1.26 bits per heavy atom. The van der Waals surface area contributed by atoms with Crippen molar-refractivity contribution >= 4 is 34.2 Å². The second kappa shape index (κ2) is 9.66. The topological polar surface area (TPSA) is 126 Å². The Hall–Kier alpha value is -3.45. The molecule has 3 N–H and O–H groups in total. The normalized spacial score (nSPS) is 18.4. The molecule has 5 rings (SSSR count). The molecule has 9 nitrogen and oxygen atoms in total. The molecule has 35 heavy (non-hydrogen) atoms. The summed E-state index contributed by atoms with van der Waals surface area (Å²) in [6.45, 7) is 2.60. The Morgan fingerprint density at radius 2 is 2.09 bits per heavy atom. The first-order valence-corrected chi connectivity index (χ1v) is 11.9. The number of aliphatic hydroxyl groups excluding tert-OH is 1. The van der Waals surface area contributed by atoms with Gasteiger partial charge in [-0.05, 0) is 42.7 Å². The fourth-order valence-electron chi connectivity index (χ4n) is 4.57. The van der Waals surface area contributed by atoms with Crippen molar-refractivity contribution in [2.45, 2.75) is 31.5 Å². The van der Waals surface area contributed by atoms with Crippen molar-refractivity contribution in [1.82, 2.24) is 20.2 Å². The van der Waals surface area contributed by atoms with Crippen LogP contribution in [-0.4, -0.2) is 69.3 Å². The van der Waals surface area contributed by atoms with E-state index in [1.165, 1.54) is 25.1 Å². The van der Waals surface area contributed by atoms with Crippen LogP contribution in [0.15, 0.2) is 36.5 Å². The highest BCUT2D eigenvalue weighted by Gasteiger charge is 2.37. The largest absolute Gasteiger partial charge is 0.505 e. The first kappa shape index (κ1) is 23.3. The number of hydrogen-bond donors (Lipinski definition) is 3. The number of benzene rings is 1. The molecule has 3 heterocycles. The van der Waals surface area contributed by atoms with Crippen molar-refractivity contribution in [3.63, 3.8) is 0 Å². The van der Waals surface area contributed by atoms with Crippen LogP contribution in [0, 0.1) is 11.3 Å². The summed E-state index contributed by atoms with van der Waals surface area (Å²) in [5, 5.41) is 33.1. The van der Waals surface area contributed by atoms with Gasteiger partial charge in [-0.25, -0.2) is 9.97 Å². The van der Waals surface area contributed by atoms with Gasteiger partial charge in [0.25, 0.3) is 5.91 Å². The second-order valence-electron chi connectivity index (χ2n) is 8.91. The molecule has 2 aliphatic rings.